The van der Waals surface area contributed by atoms with Crippen LogP contribution in [0.4, 0.5) is 0 Å². The Labute approximate surface area is 113 Å². The van der Waals surface area contributed by atoms with Crippen LogP contribution in [0.2, 0.25) is 0 Å². The first-order valence-electron chi connectivity index (χ1n) is 6.77. The number of nitrogens with one attached hydrogen (secondary N) is 1. The molecule has 1 aromatic heterocycles. The molecule has 19 heavy (non-hydrogen) atoms. The van der Waals surface area contributed by atoms with Crippen LogP contribution in [-0.4, -0.2) is 19.4 Å². The van der Waals surface area contributed by atoms with Crippen molar-refractivity contribution < 1.29 is 8.42 Å². The van der Waals surface area contributed by atoms with E-state index in [4.69, 9.17) is 5.73 Å². The number of rotatable bonds is 6. The van der Waals surface area contributed by atoms with E-state index in [1.54, 1.807) is 6.07 Å². The maximum atomic E-state index is 12.3. The number of hydrogen-bond donors (Lipinski definition) is 2. The van der Waals surface area contributed by atoms with Crippen LogP contribution in [0.3, 0.4) is 0 Å². The van der Waals surface area contributed by atoms with E-state index in [0.717, 1.165) is 31.2 Å². The fraction of sp³-hybridized carbons (Fsp3) is 0.615. The van der Waals surface area contributed by atoms with Crippen molar-refractivity contribution in [3.63, 3.8) is 0 Å². The van der Waals surface area contributed by atoms with Crippen molar-refractivity contribution in [1.29, 1.82) is 0 Å². The summed E-state index contributed by atoms with van der Waals surface area (Å²) >= 11 is 0. The summed E-state index contributed by atoms with van der Waals surface area (Å²) in [5.41, 5.74) is 6.31. The number of sulfonamides is 1. The Balaban J connectivity index is 1.76. The lowest BCUT2D eigenvalue weighted by Gasteiger charge is -2.17. The topological polar surface area (TPSA) is 85.1 Å². The van der Waals surface area contributed by atoms with Gasteiger partial charge in [-0.25, -0.2) is 18.1 Å². The fourth-order valence-corrected chi connectivity index (χ4v) is 3.72. The number of nitrogens with zero attached hydrogens (tertiary/aromatic N) is 1. The lowest BCUT2D eigenvalue weighted by atomic mass is 10.1. The van der Waals surface area contributed by atoms with Crippen molar-refractivity contribution in [3.05, 3.63) is 23.9 Å². The lowest BCUT2D eigenvalue weighted by molar-refractivity contribution is 0.470. The molecule has 0 aliphatic heterocycles. The summed E-state index contributed by atoms with van der Waals surface area (Å²) in [5, 5.41) is 0.0935. The third kappa shape index (κ3) is 2.96. The summed E-state index contributed by atoms with van der Waals surface area (Å²) in [6.07, 6.45) is 6.09. The molecule has 1 heterocycles. The number of nitrogens with two attached hydrogens (primary N) is 1. The second-order valence-corrected chi connectivity index (χ2v) is 7.19. The van der Waals surface area contributed by atoms with Crippen molar-refractivity contribution in [2.45, 2.75) is 43.3 Å². The van der Waals surface area contributed by atoms with Crippen molar-refractivity contribution >= 4 is 10.0 Å². The van der Waals surface area contributed by atoms with Gasteiger partial charge in [0.15, 0.2) is 5.03 Å². The Bertz CT molecular complexity index is 536. The van der Waals surface area contributed by atoms with Crippen LogP contribution >= 0.6 is 0 Å². The number of pyridine rings is 1. The summed E-state index contributed by atoms with van der Waals surface area (Å²) in [5.74, 6) is 1.07. The largest absolute Gasteiger partial charge is 0.326 e. The zero-order valence-corrected chi connectivity index (χ0v) is 11.6. The zero-order valence-electron chi connectivity index (χ0n) is 10.7. The molecule has 0 unspecified atom stereocenters. The molecule has 0 aromatic carbocycles. The van der Waals surface area contributed by atoms with E-state index in [2.05, 4.69) is 9.71 Å². The maximum Gasteiger partial charge on any atom is 0.258 e. The van der Waals surface area contributed by atoms with Crippen LogP contribution in [0.5, 0.6) is 0 Å². The molecule has 0 spiro atoms. The van der Waals surface area contributed by atoms with Gasteiger partial charge in [0.2, 0.25) is 0 Å². The summed E-state index contributed by atoms with van der Waals surface area (Å²) < 4.78 is 27.5. The Kier molecular flexibility index (Phi) is 3.32. The van der Waals surface area contributed by atoms with Gasteiger partial charge in [-0.05, 0) is 49.1 Å². The van der Waals surface area contributed by atoms with Gasteiger partial charge < -0.3 is 5.73 Å². The Hall–Kier alpha value is -0.980. The highest BCUT2D eigenvalue weighted by molar-refractivity contribution is 7.89. The summed E-state index contributed by atoms with van der Waals surface area (Å²) in [6, 6.07) is 3.35. The normalized spacial score (nSPS) is 19.9. The van der Waals surface area contributed by atoms with Gasteiger partial charge in [-0.3, -0.25) is 0 Å². The summed E-state index contributed by atoms with van der Waals surface area (Å²) in [4.78, 5) is 4.00. The first-order chi connectivity index (χ1) is 9.10. The molecule has 0 amide bonds. The van der Waals surface area contributed by atoms with Gasteiger partial charge in [-0.1, -0.05) is 6.07 Å². The van der Waals surface area contributed by atoms with Gasteiger partial charge in [0.05, 0.1) is 0 Å². The molecule has 2 saturated carbocycles. The van der Waals surface area contributed by atoms with Crippen molar-refractivity contribution in [2.24, 2.45) is 17.6 Å². The average Bonchev–Trinajstić information content (AvgIpc) is 3.29. The lowest BCUT2D eigenvalue weighted by Crippen LogP contribution is -2.38. The Morgan fingerprint density at radius 2 is 1.89 bits per heavy atom. The smallest absolute Gasteiger partial charge is 0.258 e. The monoisotopic (exact) mass is 281 g/mol. The molecule has 0 atom stereocenters. The predicted molar refractivity (Wildman–Crippen MR) is 71.7 cm³/mol. The molecular weight excluding hydrogens is 262 g/mol. The van der Waals surface area contributed by atoms with E-state index in [0.29, 0.717) is 18.4 Å². The molecule has 0 bridgehead atoms. The third-order valence-electron chi connectivity index (χ3n) is 3.86. The number of aromatic nitrogens is 1. The summed E-state index contributed by atoms with van der Waals surface area (Å²) in [6.45, 7) is 0.369. The van der Waals surface area contributed by atoms with Gasteiger partial charge in [-0.2, -0.15) is 0 Å². The van der Waals surface area contributed by atoms with Gasteiger partial charge in [0, 0.05) is 18.8 Å². The molecule has 3 rings (SSSR count). The molecule has 104 valence electrons. The van der Waals surface area contributed by atoms with E-state index >= 15 is 0 Å². The molecule has 1 aromatic rings. The van der Waals surface area contributed by atoms with Gasteiger partial charge in [0.1, 0.15) is 0 Å². The molecule has 3 N–H and O–H groups in total. The third-order valence-corrected chi connectivity index (χ3v) is 5.23. The van der Waals surface area contributed by atoms with E-state index in [-0.39, 0.29) is 11.1 Å². The maximum absolute atomic E-state index is 12.3. The highest BCUT2D eigenvalue weighted by Crippen LogP contribution is 2.44. The van der Waals surface area contributed by atoms with E-state index in [9.17, 15) is 8.42 Å². The quantitative estimate of drug-likeness (QED) is 0.815. The molecule has 2 aliphatic rings. The van der Waals surface area contributed by atoms with Crippen LogP contribution in [0, 0.1) is 11.8 Å². The fourth-order valence-electron chi connectivity index (χ4n) is 2.42. The minimum absolute atomic E-state index is 0.0935. The zero-order chi connectivity index (χ0) is 13.5. The standard InChI is InChI=1S/C13H19N3O2S/c14-7-9-1-6-12(15-8-9)19(17,18)16-13(10-2-3-10)11-4-5-11/h1,6,8,10-11,13,16H,2-5,7,14H2. The predicted octanol–water partition coefficient (Wildman–Crippen LogP) is 1.01. The first-order valence-corrected chi connectivity index (χ1v) is 8.26. The Morgan fingerprint density at radius 1 is 1.26 bits per heavy atom. The summed E-state index contributed by atoms with van der Waals surface area (Å²) in [7, 11) is -3.50. The molecule has 6 heteroatoms. The molecular formula is C13H19N3O2S. The van der Waals surface area contributed by atoms with Gasteiger partial charge in [0.25, 0.3) is 10.0 Å². The molecule has 0 radical (unpaired) electrons. The van der Waals surface area contributed by atoms with Crippen LogP contribution in [0.25, 0.3) is 0 Å². The first kappa shape index (κ1) is 13.0. The second kappa shape index (κ2) is 4.85. The van der Waals surface area contributed by atoms with E-state index in [1.807, 2.05) is 0 Å². The van der Waals surface area contributed by atoms with Gasteiger partial charge in [-0.15, -0.1) is 0 Å². The van der Waals surface area contributed by atoms with E-state index < -0.39 is 10.0 Å². The van der Waals surface area contributed by atoms with Gasteiger partial charge >= 0.3 is 0 Å². The minimum atomic E-state index is -3.50. The molecule has 2 aliphatic carbocycles. The molecule has 0 saturated heterocycles. The highest BCUT2D eigenvalue weighted by Gasteiger charge is 2.43. The van der Waals surface area contributed by atoms with Crippen LogP contribution in [0.15, 0.2) is 23.4 Å². The molecule has 5 nitrogen and oxygen atoms in total. The number of hydrogen-bond acceptors (Lipinski definition) is 4. The van der Waals surface area contributed by atoms with Crippen LogP contribution in [0.1, 0.15) is 31.2 Å². The van der Waals surface area contributed by atoms with Crippen molar-refractivity contribution in [1.82, 2.24) is 9.71 Å². The minimum Gasteiger partial charge on any atom is -0.326 e. The van der Waals surface area contributed by atoms with Crippen LogP contribution in [-0.2, 0) is 16.6 Å². The Morgan fingerprint density at radius 3 is 2.32 bits per heavy atom. The second-order valence-electron chi connectivity index (χ2n) is 5.53. The van der Waals surface area contributed by atoms with E-state index in [1.165, 1.54) is 12.3 Å². The average molecular weight is 281 g/mol. The highest BCUT2D eigenvalue weighted by atomic mass is 32.2. The van der Waals surface area contributed by atoms with Crippen LogP contribution < -0.4 is 10.5 Å². The van der Waals surface area contributed by atoms with Crippen molar-refractivity contribution in [3.8, 4) is 0 Å². The molecule has 2 fully saturated rings. The van der Waals surface area contributed by atoms with Crippen molar-refractivity contribution in [2.75, 3.05) is 0 Å². The SMILES string of the molecule is NCc1ccc(S(=O)(=O)NC(C2CC2)C2CC2)nc1.